The molecule has 2 atom stereocenters. The lowest BCUT2D eigenvalue weighted by Crippen LogP contribution is -2.36. The van der Waals surface area contributed by atoms with Crippen LogP contribution in [0.4, 0.5) is 4.39 Å². The highest BCUT2D eigenvalue weighted by molar-refractivity contribution is 5.95. The van der Waals surface area contributed by atoms with Gasteiger partial charge < -0.3 is 15.0 Å². The van der Waals surface area contributed by atoms with Crippen molar-refractivity contribution in [1.29, 1.82) is 0 Å². The summed E-state index contributed by atoms with van der Waals surface area (Å²) in [6, 6.07) is 13.2. The number of hydrogen-bond acceptors (Lipinski definition) is 3. The Morgan fingerprint density at radius 1 is 1.17 bits per heavy atom. The van der Waals surface area contributed by atoms with E-state index < -0.39 is 5.92 Å². The number of methoxy groups -OCH3 is 1. The first-order chi connectivity index (χ1) is 14.0. The maximum Gasteiger partial charge on any atom is 0.253 e. The van der Waals surface area contributed by atoms with Crippen LogP contribution in [0, 0.1) is 11.7 Å². The van der Waals surface area contributed by atoms with Crippen molar-refractivity contribution < 1.29 is 18.7 Å². The van der Waals surface area contributed by atoms with E-state index in [0.717, 1.165) is 18.4 Å². The molecule has 1 N–H and O–H groups in total. The first-order valence-electron chi connectivity index (χ1n) is 10.00. The fraction of sp³-hybridized carbons (Fsp3) is 0.391. The summed E-state index contributed by atoms with van der Waals surface area (Å²) in [6.07, 6.45) is 1.89. The fourth-order valence-corrected chi connectivity index (χ4v) is 3.75. The number of ether oxygens (including phenoxy) is 1. The third-order valence-corrected chi connectivity index (χ3v) is 5.39. The van der Waals surface area contributed by atoms with Crippen molar-refractivity contribution in [3.63, 3.8) is 0 Å². The molecule has 0 spiro atoms. The number of benzene rings is 2. The van der Waals surface area contributed by atoms with Gasteiger partial charge in [0, 0.05) is 31.1 Å². The van der Waals surface area contributed by atoms with Crippen LogP contribution in [0.2, 0.25) is 0 Å². The van der Waals surface area contributed by atoms with Crippen molar-refractivity contribution in [2.24, 2.45) is 5.92 Å². The lowest BCUT2D eigenvalue weighted by molar-refractivity contribution is -0.124. The highest BCUT2D eigenvalue weighted by Crippen LogP contribution is 2.34. The van der Waals surface area contributed by atoms with Crippen molar-refractivity contribution in [3.8, 4) is 5.75 Å². The molecule has 0 bridgehead atoms. The molecule has 6 heteroatoms. The van der Waals surface area contributed by atoms with E-state index in [1.165, 1.54) is 12.1 Å². The van der Waals surface area contributed by atoms with Gasteiger partial charge in [0.1, 0.15) is 11.6 Å². The summed E-state index contributed by atoms with van der Waals surface area (Å²) in [6.45, 7) is 3.35. The van der Waals surface area contributed by atoms with Gasteiger partial charge in [-0.3, -0.25) is 9.59 Å². The molecule has 0 saturated carbocycles. The van der Waals surface area contributed by atoms with E-state index in [9.17, 15) is 14.0 Å². The monoisotopic (exact) mass is 398 g/mol. The number of halogens is 1. The molecule has 0 aliphatic carbocycles. The maximum absolute atomic E-state index is 13.8. The minimum atomic E-state index is -0.407. The Morgan fingerprint density at radius 3 is 2.59 bits per heavy atom. The molecule has 2 aromatic rings. The second kappa shape index (κ2) is 9.54. The van der Waals surface area contributed by atoms with Crippen LogP contribution in [0.1, 0.15) is 41.6 Å². The largest absolute Gasteiger partial charge is 0.497 e. The Bertz CT molecular complexity index is 853. The van der Waals surface area contributed by atoms with E-state index in [1.807, 2.05) is 6.07 Å². The molecule has 1 saturated heterocycles. The molecular weight excluding hydrogens is 371 g/mol. The minimum Gasteiger partial charge on any atom is -0.497 e. The number of unbranched alkanes of at least 4 members (excludes halogenated alkanes) is 1. The minimum absolute atomic E-state index is 0.0854. The van der Waals surface area contributed by atoms with Crippen LogP contribution in [0.3, 0.4) is 0 Å². The van der Waals surface area contributed by atoms with Crippen LogP contribution >= 0.6 is 0 Å². The van der Waals surface area contributed by atoms with Crippen LogP contribution in [0.5, 0.6) is 5.75 Å². The highest BCUT2D eigenvalue weighted by atomic mass is 19.1. The first kappa shape index (κ1) is 20.8. The summed E-state index contributed by atoms with van der Waals surface area (Å²) < 4.78 is 18.9. The van der Waals surface area contributed by atoms with Crippen molar-refractivity contribution in [1.82, 2.24) is 10.2 Å². The van der Waals surface area contributed by atoms with Gasteiger partial charge in [0.25, 0.3) is 5.91 Å². The zero-order chi connectivity index (χ0) is 20.8. The molecule has 3 rings (SSSR count). The average molecular weight is 398 g/mol. The number of hydrogen-bond donors (Lipinski definition) is 1. The second-order valence-corrected chi connectivity index (χ2v) is 7.35. The van der Waals surface area contributed by atoms with Crippen molar-refractivity contribution in [3.05, 3.63) is 65.5 Å². The molecular formula is C23H27FN2O3. The van der Waals surface area contributed by atoms with Gasteiger partial charge in [-0.1, -0.05) is 25.5 Å². The molecule has 1 aliphatic rings. The van der Waals surface area contributed by atoms with Crippen LogP contribution in [0.15, 0.2) is 48.5 Å². The third kappa shape index (κ3) is 4.94. The Labute approximate surface area is 170 Å². The van der Waals surface area contributed by atoms with E-state index >= 15 is 0 Å². The van der Waals surface area contributed by atoms with Crippen LogP contribution in [0.25, 0.3) is 0 Å². The van der Waals surface area contributed by atoms with Gasteiger partial charge in [0.05, 0.1) is 13.0 Å². The van der Waals surface area contributed by atoms with Gasteiger partial charge in [-0.15, -0.1) is 0 Å². The summed E-state index contributed by atoms with van der Waals surface area (Å²) in [5, 5.41) is 2.97. The zero-order valence-corrected chi connectivity index (χ0v) is 16.9. The summed E-state index contributed by atoms with van der Waals surface area (Å²) in [7, 11) is 1.57. The molecule has 2 aromatic carbocycles. The quantitative estimate of drug-likeness (QED) is 0.725. The van der Waals surface area contributed by atoms with Crippen molar-refractivity contribution >= 4 is 11.8 Å². The Hall–Kier alpha value is -2.89. The van der Waals surface area contributed by atoms with Gasteiger partial charge in [-0.05, 0) is 48.4 Å². The Morgan fingerprint density at radius 2 is 1.93 bits per heavy atom. The summed E-state index contributed by atoms with van der Waals surface area (Å²) in [5.74, 6) is -0.539. The van der Waals surface area contributed by atoms with Crippen molar-refractivity contribution in [2.45, 2.75) is 25.7 Å². The lowest BCUT2D eigenvalue weighted by Gasteiger charge is -2.18. The predicted molar refractivity (Wildman–Crippen MR) is 109 cm³/mol. The number of carbonyl (C=O) groups excluding carboxylic acids is 2. The molecule has 154 valence electrons. The number of nitrogens with zero attached hydrogens (tertiary/aromatic N) is 1. The van der Waals surface area contributed by atoms with Gasteiger partial charge in [-0.25, -0.2) is 4.39 Å². The normalized spacial score (nSPS) is 18.5. The lowest BCUT2D eigenvalue weighted by atomic mass is 9.88. The molecule has 29 heavy (non-hydrogen) atoms. The standard InChI is InChI=1S/C23H27FN2O3/c1-3-4-12-25-22(27)21-15-26(14-20(21)17-6-5-7-18(24)13-17)23(28)16-8-10-19(29-2)11-9-16/h5-11,13,20-21H,3-4,12,14-15H2,1-2H3,(H,25,27)/t20-,21-/m1/s1. The molecule has 2 amide bonds. The molecule has 1 heterocycles. The van der Waals surface area contributed by atoms with E-state index in [0.29, 0.717) is 30.9 Å². The smallest absolute Gasteiger partial charge is 0.253 e. The number of likely N-dealkylation sites (tertiary alicyclic amines) is 1. The van der Waals surface area contributed by atoms with E-state index in [2.05, 4.69) is 12.2 Å². The molecule has 0 unspecified atom stereocenters. The first-order valence-corrected chi connectivity index (χ1v) is 10.00. The Balaban J connectivity index is 1.81. The van der Waals surface area contributed by atoms with Crippen LogP contribution in [-0.4, -0.2) is 43.5 Å². The second-order valence-electron chi connectivity index (χ2n) is 7.35. The molecule has 0 radical (unpaired) electrons. The van der Waals surface area contributed by atoms with Crippen LogP contribution in [-0.2, 0) is 4.79 Å². The summed E-state index contributed by atoms with van der Waals surface area (Å²) in [5.41, 5.74) is 1.28. The van der Waals surface area contributed by atoms with E-state index in [-0.39, 0.29) is 23.5 Å². The summed E-state index contributed by atoms with van der Waals surface area (Å²) >= 11 is 0. The molecule has 0 aromatic heterocycles. The van der Waals surface area contributed by atoms with E-state index in [1.54, 1.807) is 42.3 Å². The van der Waals surface area contributed by atoms with Gasteiger partial charge in [0.2, 0.25) is 5.91 Å². The Kier molecular flexibility index (Phi) is 6.86. The number of rotatable bonds is 7. The number of nitrogens with one attached hydrogen (secondary N) is 1. The fourth-order valence-electron chi connectivity index (χ4n) is 3.75. The topological polar surface area (TPSA) is 58.6 Å². The SMILES string of the molecule is CCCCNC(=O)[C@@H]1CN(C(=O)c2ccc(OC)cc2)C[C@@H]1c1cccc(F)c1. The predicted octanol–water partition coefficient (Wildman–Crippen LogP) is 3.61. The third-order valence-electron chi connectivity index (χ3n) is 5.39. The van der Waals surface area contributed by atoms with Gasteiger partial charge in [-0.2, -0.15) is 0 Å². The average Bonchev–Trinajstić information content (AvgIpc) is 3.19. The summed E-state index contributed by atoms with van der Waals surface area (Å²) in [4.78, 5) is 27.5. The zero-order valence-electron chi connectivity index (χ0n) is 16.9. The molecule has 1 aliphatic heterocycles. The maximum atomic E-state index is 13.8. The molecule has 5 nitrogen and oxygen atoms in total. The van der Waals surface area contributed by atoms with Crippen molar-refractivity contribution in [2.75, 3.05) is 26.7 Å². The number of carbonyl (C=O) groups is 2. The number of amides is 2. The van der Waals surface area contributed by atoms with Gasteiger partial charge in [0.15, 0.2) is 0 Å². The van der Waals surface area contributed by atoms with Crippen LogP contribution < -0.4 is 10.1 Å². The van der Waals surface area contributed by atoms with Gasteiger partial charge >= 0.3 is 0 Å². The van der Waals surface area contributed by atoms with E-state index in [4.69, 9.17) is 4.74 Å². The molecule has 1 fully saturated rings. The highest BCUT2D eigenvalue weighted by Gasteiger charge is 2.40.